The van der Waals surface area contributed by atoms with Crippen LogP contribution in [0.4, 0.5) is 11.4 Å². The lowest BCUT2D eigenvalue weighted by molar-refractivity contribution is -0.125. The Kier molecular flexibility index (Phi) is 8.10. The molecule has 2 N–H and O–H groups in total. The molecule has 0 aliphatic carbocycles. The third-order valence-electron chi connectivity index (χ3n) is 4.32. The maximum Gasteiger partial charge on any atom is 0.265 e. The second-order valence-corrected chi connectivity index (χ2v) is 6.66. The number of ether oxygens (including phenoxy) is 1. The van der Waals surface area contributed by atoms with Crippen molar-refractivity contribution in [2.75, 3.05) is 29.9 Å². The van der Waals surface area contributed by atoms with Crippen LogP contribution in [0.15, 0.2) is 18.2 Å². The molecule has 7 heteroatoms. The zero-order valence-corrected chi connectivity index (χ0v) is 16.2. The van der Waals surface area contributed by atoms with Crippen molar-refractivity contribution >= 4 is 29.1 Å². The molecular formula is C20H29N3O4. The van der Waals surface area contributed by atoms with Crippen LogP contribution in [0.25, 0.3) is 0 Å². The summed E-state index contributed by atoms with van der Waals surface area (Å²) in [7, 11) is 0. The Bertz CT molecular complexity index is 675. The number of hydrogen-bond donors (Lipinski definition) is 2. The van der Waals surface area contributed by atoms with E-state index in [4.69, 9.17) is 4.74 Å². The zero-order chi connectivity index (χ0) is 19.6. The number of anilines is 2. The molecule has 1 heterocycles. The van der Waals surface area contributed by atoms with Gasteiger partial charge in [-0.1, -0.05) is 33.1 Å². The molecule has 2 rings (SSSR count). The van der Waals surface area contributed by atoms with E-state index in [-0.39, 0.29) is 30.9 Å². The van der Waals surface area contributed by atoms with E-state index in [2.05, 4.69) is 17.6 Å². The first-order valence-electron chi connectivity index (χ1n) is 9.69. The van der Waals surface area contributed by atoms with Gasteiger partial charge in [0, 0.05) is 18.7 Å². The Labute approximate surface area is 160 Å². The summed E-state index contributed by atoms with van der Waals surface area (Å²) in [5.74, 6) is -0.0271. The first-order valence-corrected chi connectivity index (χ1v) is 9.69. The van der Waals surface area contributed by atoms with Gasteiger partial charge in [0.05, 0.1) is 5.69 Å². The number of benzene rings is 1. The molecule has 0 spiro atoms. The molecule has 148 valence electrons. The number of amides is 3. The highest BCUT2D eigenvalue weighted by molar-refractivity contribution is 6.03. The third-order valence-corrected chi connectivity index (χ3v) is 4.32. The molecule has 7 nitrogen and oxygen atoms in total. The van der Waals surface area contributed by atoms with Gasteiger partial charge in [-0.3, -0.25) is 19.3 Å². The van der Waals surface area contributed by atoms with Gasteiger partial charge in [0.1, 0.15) is 12.3 Å². The quantitative estimate of drug-likeness (QED) is 0.616. The fourth-order valence-corrected chi connectivity index (χ4v) is 2.85. The number of carbonyl (C=O) groups excluding carboxylic acids is 3. The molecule has 1 aromatic carbocycles. The largest absolute Gasteiger partial charge is 0.482 e. The van der Waals surface area contributed by atoms with Crippen LogP contribution in [0.2, 0.25) is 0 Å². The monoisotopic (exact) mass is 375 g/mol. The Morgan fingerprint density at radius 3 is 2.67 bits per heavy atom. The minimum absolute atomic E-state index is 0.0543. The van der Waals surface area contributed by atoms with E-state index in [0.717, 1.165) is 32.1 Å². The van der Waals surface area contributed by atoms with Crippen molar-refractivity contribution in [3.63, 3.8) is 0 Å². The number of unbranched alkanes of at least 4 members (excludes halogenated alkanes) is 3. The van der Waals surface area contributed by atoms with E-state index in [9.17, 15) is 14.4 Å². The van der Waals surface area contributed by atoms with Crippen LogP contribution in [0.5, 0.6) is 5.75 Å². The van der Waals surface area contributed by atoms with E-state index >= 15 is 0 Å². The summed E-state index contributed by atoms with van der Waals surface area (Å²) in [4.78, 5) is 37.8. The lowest BCUT2D eigenvalue weighted by atomic mass is 10.1. The van der Waals surface area contributed by atoms with Crippen LogP contribution in [0, 0.1) is 0 Å². The average molecular weight is 375 g/mol. The highest BCUT2D eigenvalue weighted by Crippen LogP contribution is 2.34. The number of nitrogens with one attached hydrogen (secondary N) is 2. The molecule has 1 aliphatic rings. The van der Waals surface area contributed by atoms with Crippen molar-refractivity contribution in [2.24, 2.45) is 0 Å². The van der Waals surface area contributed by atoms with Crippen molar-refractivity contribution in [3.05, 3.63) is 18.2 Å². The molecule has 0 bridgehead atoms. The van der Waals surface area contributed by atoms with Gasteiger partial charge in [0.2, 0.25) is 11.8 Å². The minimum atomic E-state index is -0.280. The van der Waals surface area contributed by atoms with E-state index in [0.29, 0.717) is 30.1 Å². The fraction of sp³-hybridized carbons (Fsp3) is 0.550. The molecule has 0 saturated heterocycles. The van der Waals surface area contributed by atoms with E-state index in [1.165, 1.54) is 4.90 Å². The van der Waals surface area contributed by atoms with Crippen LogP contribution in [-0.4, -0.2) is 37.4 Å². The van der Waals surface area contributed by atoms with Gasteiger partial charge in [-0.25, -0.2) is 0 Å². The molecule has 0 radical (unpaired) electrons. The Hall–Kier alpha value is -2.57. The molecule has 0 fully saturated rings. The van der Waals surface area contributed by atoms with E-state index in [1.54, 1.807) is 18.2 Å². The average Bonchev–Trinajstić information content (AvgIpc) is 2.66. The summed E-state index contributed by atoms with van der Waals surface area (Å²) < 4.78 is 5.44. The molecule has 0 aromatic heterocycles. The number of carbonyl (C=O) groups is 3. The van der Waals surface area contributed by atoms with Crippen LogP contribution in [-0.2, 0) is 14.4 Å². The summed E-state index contributed by atoms with van der Waals surface area (Å²) in [6, 6.07) is 5.14. The molecule has 3 amide bonds. The fourth-order valence-electron chi connectivity index (χ4n) is 2.85. The van der Waals surface area contributed by atoms with Crippen molar-refractivity contribution in [2.45, 2.75) is 52.4 Å². The predicted molar refractivity (Wildman–Crippen MR) is 105 cm³/mol. The number of hydrogen-bond acceptors (Lipinski definition) is 4. The number of rotatable bonds is 10. The molecule has 0 atom stereocenters. The van der Waals surface area contributed by atoms with Crippen LogP contribution >= 0.6 is 0 Å². The number of nitrogens with zero attached hydrogens (tertiary/aromatic N) is 1. The summed E-state index contributed by atoms with van der Waals surface area (Å²) >= 11 is 0. The maximum absolute atomic E-state index is 12.2. The first-order chi connectivity index (χ1) is 13.0. The predicted octanol–water partition coefficient (Wildman–Crippen LogP) is 2.85. The lowest BCUT2D eigenvalue weighted by Crippen LogP contribution is -2.45. The van der Waals surface area contributed by atoms with Crippen molar-refractivity contribution in [1.82, 2.24) is 5.32 Å². The lowest BCUT2D eigenvalue weighted by Gasteiger charge is -2.29. The van der Waals surface area contributed by atoms with Gasteiger partial charge in [0.15, 0.2) is 6.61 Å². The second-order valence-electron chi connectivity index (χ2n) is 6.66. The molecule has 1 aliphatic heterocycles. The Balaban J connectivity index is 2.04. The van der Waals surface area contributed by atoms with Gasteiger partial charge >= 0.3 is 0 Å². The van der Waals surface area contributed by atoms with Gasteiger partial charge in [0.25, 0.3) is 5.91 Å². The standard InChI is InChI=1S/C20H29N3O4/c1-3-5-6-7-8-18(24)22-15-9-10-17-16(12-15)23(20(26)14-27-17)13-19(25)21-11-4-2/h9-10,12H,3-8,11,13-14H2,1-2H3,(H,21,25)(H,22,24). The molecule has 0 unspecified atom stereocenters. The zero-order valence-electron chi connectivity index (χ0n) is 16.2. The minimum Gasteiger partial charge on any atom is -0.482 e. The summed E-state index contributed by atoms with van der Waals surface area (Å²) in [6.07, 6.45) is 5.44. The first kappa shape index (κ1) is 20.7. The van der Waals surface area contributed by atoms with Crippen LogP contribution in [0.1, 0.15) is 52.4 Å². The van der Waals surface area contributed by atoms with Gasteiger partial charge in [-0.2, -0.15) is 0 Å². The summed E-state index contributed by atoms with van der Waals surface area (Å²) in [6.45, 7) is 4.50. The van der Waals surface area contributed by atoms with Gasteiger partial charge in [-0.05, 0) is 31.0 Å². The Morgan fingerprint density at radius 2 is 1.93 bits per heavy atom. The smallest absolute Gasteiger partial charge is 0.265 e. The molecule has 27 heavy (non-hydrogen) atoms. The van der Waals surface area contributed by atoms with Crippen LogP contribution in [0.3, 0.4) is 0 Å². The normalized spacial score (nSPS) is 13.0. The van der Waals surface area contributed by atoms with E-state index < -0.39 is 0 Å². The van der Waals surface area contributed by atoms with Crippen molar-refractivity contribution in [3.8, 4) is 5.75 Å². The number of fused-ring (bicyclic) bond motifs is 1. The maximum atomic E-state index is 12.2. The highest BCUT2D eigenvalue weighted by atomic mass is 16.5. The second kappa shape index (κ2) is 10.5. The van der Waals surface area contributed by atoms with Crippen LogP contribution < -0.4 is 20.3 Å². The third kappa shape index (κ3) is 6.27. The van der Waals surface area contributed by atoms with E-state index in [1.807, 2.05) is 6.92 Å². The van der Waals surface area contributed by atoms with Crippen molar-refractivity contribution in [1.29, 1.82) is 0 Å². The summed E-state index contributed by atoms with van der Waals surface area (Å²) in [5, 5.41) is 5.63. The molecule has 0 saturated carbocycles. The summed E-state index contributed by atoms with van der Waals surface area (Å²) in [5.41, 5.74) is 1.09. The Morgan fingerprint density at radius 1 is 1.11 bits per heavy atom. The topological polar surface area (TPSA) is 87.7 Å². The molecule has 1 aromatic rings. The van der Waals surface area contributed by atoms with Crippen molar-refractivity contribution < 1.29 is 19.1 Å². The highest BCUT2D eigenvalue weighted by Gasteiger charge is 2.27. The van der Waals surface area contributed by atoms with Gasteiger partial charge < -0.3 is 15.4 Å². The van der Waals surface area contributed by atoms with Gasteiger partial charge in [-0.15, -0.1) is 0 Å². The molecular weight excluding hydrogens is 346 g/mol. The SMILES string of the molecule is CCCCCCC(=O)Nc1ccc2c(c1)N(CC(=O)NCCC)C(=O)CO2.